The molecule has 1 aromatic carbocycles. The number of carboxylic acids is 1. The summed E-state index contributed by atoms with van der Waals surface area (Å²) in [6, 6.07) is 4.84. The number of aromatic carboxylic acids is 1. The summed E-state index contributed by atoms with van der Waals surface area (Å²) < 4.78 is 0.489. The lowest BCUT2D eigenvalue weighted by Gasteiger charge is -2.07. The highest BCUT2D eigenvalue weighted by Gasteiger charge is 2.13. The fourth-order valence-corrected chi connectivity index (χ4v) is 2.11. The fraction of sp³-hybridized carbons (Fsp3) is 0.0909. The van der Waals surface area contributed by atoms with Crippen LogP contribution in [0.3, 0.4) is 0 Å². The number of rotatable bonds is 1. The van der Waals surface area contributed by atoms with Crippen LogP contribution in [-0.2, 0) is 0 Å². The van der Waals surface area contributed by atoms with Crippen molar-refractivity contribution in [2.24, 2.45) is 0 Å². The molecule has 2 rings (SSSR count). The molecule has 0 bridgehead atoms. The van der Waals surface area contributed by atoms with Crippen LogP contribution in [0.15, 0.2) is 22.8 Å². The molecule has 0 radical (unpaired) electrons. The van der Waals surface area contributed by atoms with Crippen LogP contribution in [0.25, 0.3) is 10.9 Å². The molecule has 1 aromatic heterocycles. The molecule has 0 aliphatic carbocycles. The molecule has 0 aliphatic rings. The van der Waals surface area contributed by atoms with Gasteiger partial charge in [-0.05, 0) is 40.5 Å². The average Bonchev–Trinajstić information content (AvgIpc) is 2.23. The number of pyridine rings is 1. The van der Waals surface area contributed by atoms with Crippen LogP contribution in [0.4, 0.5) is 0 Å². The lowest BCUT2D eigenvalue weighted by molar-refractivity contribution is 0.0699. The second kappa shape index (κ2) is 4.03. The van der Waals surface area contributed by atoms with Gasteiger partial charge >= 0.3 is 5.97 Å². The van der Waals surface area contributed by atoms with E-state index in [1.807, 2.05) is 6.92 Å². The highest BCUT2D eigenvalue weighted by molar-refractivity contribution is 9.10. The summed E-state index contributed by atoms with van der Waals surface area (Å²) >= 11 is 9.16. The third-order valence-electron chi connectivity index (χ3n) is 2.37. The van der Waals surface area contributed by atoms with Gasteiger partial charge in [-0.15, -0.1) is 0 Å². The van der Waals surface area contributed by atoms with E-state index in [1.165, 1.54) is 6.07 Å². The van der Waals surface area contributed by atoms with Crippen molar-refractivity contribution in [3.05, 3.63) is 39.0 Å². The second-order valence-corrected chi connectivity index (χ2v) is 4.59. The molecule has 0 spiro atoms. The average molecular weight is 301 g/mol. The maximum absolute atomic E-state index is 11.1. The molecule has 0 atom stereocenters. The summed E-state index contributed by atoms with van der Waals surface area (Å²) in [7, 11) is 0. The van der Waals surface area contributed by atoms with Gasteiger partial charge in [0, 0.05) is 10.4 Å². The van der Waals surface area contributed by atoms with Crippen molar-refractivity contribution < 1.29 is 9.90 Å². The largest absolute Gasteiger partial charge is 0.478 e. The van der Waals surface area contributed by atoms with Crippen molar-refractivity contribution in [3.8, 4) is 0 Å². The van der Waals surface area contributed by atoms with Gasteiger partial charge in [-0.1, -0.05) is 17.7 Å². The Bertz CT molecular complexity index is 598. The molecular formula is C11H7BrClNO2. The van der Waals surface area contributed by atoms with Gasteiger partial charge in [-0.2, -0.15) is 0 Å². The predicted octanol–water partition coefficient (Wildman–Crippen LogP) is 3.66. The number of aryl methyl sites for hydroxylation is 1. The molecule has 0 saturated carbocycles. The van der Waals surface area contributed by atoms with E-state index in [1.54, 1.807) is 12.1 Å². The number of carbonyl (C=O) groups is 1. The van der Waals surface area contributed by atoms with Gasteiger partial charge in [0.15, 0.2) is 0 Å². The van der Waals surface area contributed by atoms with Crippen molar-refractivity contribution in [1.29, 1.82) is 0 Å². The van der Waals surface area contributed by atoms with E-state index < -0.39 is 5.97 Å². The smallest absolute Gasteiger partial charge is 0.336 e. The lowest BCUT2D eigenvalue weighted by atomic mass is 10.1. The van der Waals surface area contributed by atoms with Gasteiger partial charge in [0.05, 0.1) is 11.1 Å². The standard InChI is InChI=1S/C11H7BrClNO2/c1-5-8(13)3-2-6-7(11(15)16)4-9(12)14-10(5)6/h2-4H,1H3,(H,15,16). The molecule has 5 heteroatoms. The molecule has 1 N–H and O–H groups in total. The first-order valence-electron chi connectivity index (χ1n) is 4.49. The molecule has 0 unspecified atom stereocenters. The SMILES string of the molecule is Cc1c(Cl)ccc2c(C(=O)O)cc(Br)nc12. The maximum atomic E-state index is 11.1. The highest BCUT2D eigenvalue weighted by Crippen LogP contribution is 2.28. The summed E-state index contributed by atoms with van der Waals surface area (Å²) in [6.45, 7) is 1.82. The fourth-order valence-electron chi connectivity index (χ4n) is 1.55. The second-order valence-electron chi connectivity index (χ2n) is 3.37. The Hall–Kier alpha value is -1.13. The summed E-state index contributed by atoms with van der Waals surface area (Å²) in [6.07, 6.45) is 0. The Labute approximate surface area is 105 Å². The molecule has 0 aliphatic heterocycles. The van der Waals surface area contributed by atoms with Gasteiger partial charge in [-0.25, -0.2) is 9.78 Å². The van der Waals surface area contributed by atoms with Crippen molar-refractivity contribution in [2.45, 2.75) is 6.92 Å². The van der Waals surface area contributed by atoms with Crippen molar-refractivity contribution >= 4 is 44.4 Å². The minimum atomic E-state index is -0.977. The van der Waals surface area contributed by atoms with Crippen molar-refractivity contribution in [1.82, 2.24) is 4.98 Å². The van der Waals surface area contributed by atoms with E-state index in [0.29, 0.717) is 20.5 Å². The number of hydrogen-bond acceptors (Lipinski definition) is 2. The minimum absolute atomic E-state index is 0.219. The lowest BCUT2D eigenvalue weighted by Crippen LogP contribution is -2.00. The normalized spacial score (nSPS) is 10.7. The molecule has 1 heterocycles. The van der Waals surface area contributed by atoms with Gasteiger partial charge in [0.2, 0.25) is 0 Å². The Morgan fingerprint density at radius 3 is 2.81 bits per heavy atom. The number of nitrogens with zero attached hydrogens (tertiary/aromatic N) is 1. The van der Waals surface area contributed by atoms with Gasteiger partial charge in [-0.3, -0.25) is 0 Å². The molecule has 3 nitrogen and oxygen atoms in total. The monoisotopic (exact) mass is 299 g/mol. The molecular weight excluding hydrogens is 293 g/mol. The molecule has 0 saturated heterocycles. The number of halogens is 2. The zero-order valence-electron chi connectivity index (χ0n) is 8.29. The topological polar surface area (TPSA) is 50.2 Å². The van der Waals surface area contributed by atoms with E-state index in [2.05, 4.69) is 20.9 Å². The Balaban J connectivity index is 2.94. The molecule has 16 heavy (non-hydrogen) atoms. The molecule has 82 valence electrons. The van der Waals surface area contributed by atoms with E-state index in [9.17, 15) is 4.79 Å². The third kappa shape index (κ3) is 1.79. The Morgan fingerprint density at radius 1 is 1.50 bits per heavy atom. The van der Waals surface area contributed by atoms with Crippen molar-refractivity contribution in [2.75, 3.05) is 0 Å². The van der Waals surface area contributed by atoms with E-state index in [4.69, 9.17) is 16.7 Å². The maximum Gasteiger partial charge on any atom is 0.336 e. The zero-order chi connectivity index (χ0) is 11.9. The van der Waals surface area contributed by atoms with Gasteiger partial charge < -0.3 is 5.11 Å². The van der Waals surface area contributed by atoms with Crippen LogP contribution in [0, 0.1) is 6.92 Å². The highest BCUT2D eigenvalue weighted by atomic mass is 79.9. The minimum Gasteiger partial charge on any atom is -0.478 e. The number of fused-ring (bicyclic) bond motifs is 1. The Morgan fingerprint density at radius 2 is 2.19 bits per heavy atom. The quantitative estimate of drug-likeness (QED) is 0.818. The van der Waals surface area contributed by atoms with Gasteiger partial charge in [0.1, 0.15) is 4.60 Å². The Kier molecular flexibility index (Phi) is 2.86. The van der Waals surface area contributed by atoms with E-state index in [-0.39, 0.29) is 5.56 Å². The van der Waals surface area contributed by atoms with Crippen LogP contribution in [0.1, 0.15) is 15.9 Å². The van der Waals surface area contributed by atoms with Crippen LogP contribution < -0.4 is 0 Å². The number of hydrogen-bond donors (Lipinski definition) is 1. The van der Waals surface area contributed by atoms with Crippen LogP contribution >= 0.6 is 27.5 Å². The molecule has 0 amide bonds. The van der Waals surface area contributed by atoms with Crippen LogP contribution in [-0.4, -0.2) is 16.1 Å². The summed E-state index contributed by atoms with van der Waals surface area (Å²) in [5, 5.41) is 10.3. The summed E-state index contributed by atoms with van der Waals surface area (Å²) in [5.74, 6) is -0.977. The molecule has 0 fully saturated rings. The van der Waals surface area contributed by atoms with Crippen LogP contribution in [0.5, 0.6) is 0 Å². The van der Waals surface area contributed by atoms with E-state index >= 15 is 0 Å². The first-order valence-corrected chi connectivity index (χ1v) is 5.66. The number of aromatic nitrogens is 1. The zero-order valence-corrected chi connectivity index (χ0v) is 10.6. The van der Waals surface area contributed by atoms with Crippen molar-refractivity contribution in [3.63, 3.8) is 0 Å². The predicted molar refractivity (Wildman–Crippen MR) is 66.1 cm³/mol. The van der Waals surface area contributed by atoms with Gasteiger partial charge in [0.25, 0.3) is 0 Å². The van der Waals surface area contributed by atoms with Crippen LogP contribution in [0.2, 0.25) is 5.02 Å². The summed E-state index contributed by atoms with van der Waals surface area (Å²) in [5.41, 5.74) is 1.61. The van der Waals surface area contributed by atoms with E-state index in [0.717, 1.165) is 5.56 Å². The number of benzene rings is 1. The number of carboxylic acid groups (broad SMARTS) is 1. The summed E-state index contributed by atoms with van der Waals surface area (Å²) in [4.78, 5) is 15.3. The first-order chi connectivity index (χ1) is 7.50. The third-order valence-corrected chi connectivity index (χ3v) is 3.18. The first kappa shape index (κ1) is 11.4. The molecule has 2 aromatic rings.